The number of carbonyl (C=O) groups is 1. The average molecular weight is 443 g/mol. The van der Waals surface area contributed by atoms with Crippen LogP contribution in [0.3, 0.4) is 0 Å². The summed E-state index contributed by atoms with van der Waals surface area (Å²) in [6, 6.07) is 18.7. The Morgan fingerprint density at radius 2 is 1.86 bits per heavy atom. The first-order chi connectivity index (χ1) is 14.0. The maximum atomic E-state index is 12.5. The van der Waals surface area contributed by atoms with Gasteiger partial charge in [0.2, 0.25) is 0 Å². The number of para-hydroxylation sites is 1. The minimum atomic E-state index is -0.322. The molecule has 0 saturated heterocycles. The maximum absolute atomic E-state index is 12.5. The predicted molar refractivity (Wildman–Crippen MR) is 120 cm³/mol. The molecule has 0 bridgehead atoms. The number of fused-ring (bicyclic) bond motifs is 1. The number of aromatic nitrogens is 1. The highest BCUT2D eigenvalue weighted by Crippen LogP contribution is 2.40. The Bertz CT molecular complexity index is 1160. The third kappa shape index (κ3) is 4.53. The lowest BCUT2D eigenvalue weighted by molar-refractivity contribution is -0.118. The molecular weight excluding hydrogens is 427 g/mol. The van der Waals surface area contributed by atoms with Crippen LogP contribution in [0, 0.1) is 6.92 Å². The van der Waals surface area contributed by atoms with Crippen LogP contribution in [-0.2, 0) is 4.79 Å². The number of thiazole rings is 1. The van der Waals surface area contributed by atoms with Crippen molar-refractivity contribution in [3.05, 3.63) is 76.3 Å². The van der Waals surface area contributed by atoms with E-state index in [-0.39, 0.29) is 12.5 Å². The summed E-state index contributed by atoms with van der Waals surface area (Å²) in [6.07, 6.45) is 0. The molecule has 146 valence electrons. The number of aryl methyl sites for hydroxylation is 1. The average Bonchev–Trinajstić information content (AvgIpc) is 3.13. The summed E-state index contributed by atoms with van der Waals surface area (Å²) in [6.45, 7) is 1.85. The number of rotatable bonds is 5. The summed E-state index contributed by atoms with van der Waals surface area (Å²) in [5, 5.41) is 4.38. The summed E-state index contributed by atoms with van der Waals surface area (Å²) in [4.78, 5) is 17.2. The van der Waals surface area contributed by atoms with Crippen LogP contribution in [0.2, 0.25) is 10.0 Å². The minimum Gasteiger partial charge on any atom is -0.484 e. The number of anilines is 1. The molecule has 0 aliphatic heterocycles. The second-order valence-electron chi connectivity index (χ2n) is 6.45. The second kappa shape index (κ2) is 8.41. The number of nitrogens with one attached hydrogen (secondary N) is 1. The molecule has 0 aliphatic carbocycles. The molecule has 0 atom stereocenters. The fourth-order valence-corrected chi connectivity index (χ4v) is 4.34. The van der Waals surface area contributed by atoms with Crippen LogP contribution in [-0.4, -0.2) is 17.5 Å². The molecule has 1 aromatic heterocycles. The highest BCUT2D eigenvalue weighted by Gasteiger charge is 2.17. The minimum absolute atomic E-state index is 0.138. The van der Waals surface area contributed by atoms with E-state index < -0.39 is 0 Å². The van der Waals surface area contributed by atoms with E-state index in [1.807, 2.05) is 55.5 Å². The summed E-state index contributed by atoms with van der Waals surface area (Å²) in [7, 11) is 0. The molecule has 1 heterocycles. The Labute approximate surface area is 182 Å². The van der Waals surface area contributed by atoms with Gasteiger partial charge in [0.15, 0.2) is 6.61 Å². The van der Waals surface area contributed by atoms with E-state index in [0.29, 0.717) is 27.0 Å². The first kappa shape index (κ1) is 19.7. The Balaban J connectivity index is 1.59. The van der Waals surface area contributed by atoms with Crippen molar-refractivity contribution in [2.45, 2.75) is 6.92 Å². The topological polar surface area (TPSA) is 51.2 Å². The lowest BCUT2D eigenvalue weighted by Crippen LogP contribution is -2.20. The molecule has 0 fully saturated rings. The zero-order valence-electron chi connectivity index (χ0n) is 15.4. The molecule has 3 aromatic carbocycles. The van der Waals surface area contributed by atoms with Crippen molar-refractivity contribution in [3.63, 3.8) is 0 Å². The zero-order valence-corrected chi connectivity index (χ0v) is 17.7. The van der Waals surface area contributed by atoms with Crippen molar-refractivity contribution in [1.82, 2.24) is 4.98 Å². The van der Waals surface area contributed by atoms with Crippen LogP contribution in [0.25, 0.3) is 20.8 Å². The van der Waals surface area contributed by atoms with Gasteiger partial charge in [0.25, 0.3) is 5.91 Å². The quantitative estimate of drug-likeness (QED) is 0.378. The van der Waals surface area contributed by atoms with Crippen molar-refractivity contribution in [3.8, 4) is 16.3 Å². The van der Waals surface area contributed by atoms with Gasteiger partial charge in [0.1, 0.15) is 10.8 Å². The Kier molecular flexibility index (Phi) is 5.72. The van der Waals surface area contributed by atoms with E-state index in [4.69, 9.17) is 27.9 Å². The number of ether oxygens (including phenoxy) is 1. The van der Waals surface area contributed by atoms with Gasteiger partial charge in [-0.05, 0) is 43.3 Å². The van der Waals surface area contributed by atoms with Gasteiger partial charge in [-0.3, -0.25) is 4.79 Å². The normalized spacial score (nSPS) is 10.9. The highest BCUT2D eigenvalue weighted by molar-refractivity contribution is 7.21. The predicted octanol–water partition coefficient (Wildman–Crippen LogP) is 6.60. The molecule has 29 heavy (non-hydrogen) atoms. The van der Waals surface area contributed by atoms with E-state index in [1.54, 1.807) is 12.1 Å². The summed E-state index contributed by atoms with van der Waals surface area (Å²) >= 11 is 14.1. The van der Waals surface area contributed by atoms with Gasteiger partial charge in [-0.1, -0.05) is 53.0 Å². The molecule has 7 heteroatoms. The molecule has 4 nitrogen and oxygen atoms in total. The number of hydrogen-bond acceptors (Lipinski definition) is 4. The van der Waals surface area contributed by atoms with Crippen LogP contribution in [0.1, 0.15) is 5.56 Å². The second-order valence-corrected chi connectivity index (χ2v) is 8.32. The molecule has 0 saturated carbocycles. The van der Waals surface area contributed by atoms with Gasteiger partial charge >= 0.3 is 0 Å². The number of carbonyl (C=O) groups excluding carboxylic acids is 1. The molecule has 1 N–H and O–H groups in total. The van der Waals surface area contributed by atoms with Crippen molar-refractivity contribution >= 4 is 56.3 Å². The Morgan fingerprint density at radius 1 is 1.10 bits per heavy atom. The van der Waals surface area contributed by atoms with Gasteiger partial charge < -0.3 is 10.1 Å². The molecule has 0 radical (unpaired) electrons. The van der Waals surface area contributed by atoms with Crippen molar-refractivity contribution < 1.29 is 9.53 Å². The van der Waals surface area contributed by atoms with Crippen molar-refractivity contribution in [2.75, 3.05) is 11.9 Å². The summed E-state index contributed by atoms with van der Waals surface area (Å²) < 4.78 is 6.60. The molecule has 0 aliphatic rings. The van der Waals surface area contributed by atoms with Gasteiger partial charge in [-0.2, -0.15) is 0 Å². The number of hydrogen-bond donors (Lipinski definition) is 1. The van der Waals surface area contributed by atoms with Crippen LogP contribution < -0.4 is 10.1 Å². The lowest BCUT2D eigenvalue weighted by atomic mass is 10.2. The van der Waals surface area contributed by atoms with Crippen LogP contribution >= 0.6 is 34.5 Å². The molecule has 1 amide bonds. The fraction of sp³-hybridized carbons (Fsp3) is 0.0909. The SMILES string of the molecule is Cc1ccc(OCC(=O)Nc2c(Cl)cc(Cl)cc2-c2nc3ccccc3s2)cc1. The Hall–Kier alpha value is -2.60. The molecule has 4 rings (SSSR count). The standard InChI is InChI=1S/C22H16Cl2N2O2S/c1-13-6-8-15(9-7-13)28-12-20(27)26-21-16(10-14(23)11-17(21)24)22-25-18-4-2-3-5-19(18)29-22/h2-11H,12H2,1H3,(H,26,27). The van der Waals surface area contributed by atoms with E-state index in [9.17, 15) is 4.79 Å². The van der Waals surface area contributed by atoms with Crippen molar-refractivity contribution in [2.24, 2.45) is 0 Å². The number of nitrogens with zero attached hydrogens (tertiary/aromatic N) is 1. The number of amides is 1. The first-order valence-corrected chi connectivity index (χ1v) is 10.4. The number of halogens is 2. The fourth-order valence-electron chi connectivity index (χ4n) is 2.82. The number of benzene rings is 3. The lowest BCUT2D eigenvalue weighted by Gasteiger charge is -2.13. The van der Waals surface area contributed by atoms with E-state index >= 15 is 0 Å². The van der Waals surface area contributed by atoms with E-state index in [1.165, 1.54) is 11.3 Å². The first-order valence-electron chi connectivity index (χ1n) is 8.84. The van der Waals surface area contributed by atoms with Gasteiger partial charge in [0, 0.05) is 10.6 Å². The third-order valence-electron chi connectivity index (χ3n) is 4.23. The molecular formula is C22H16Cl2N2O2S. The van der Waals surface area contributed by atoms with Gasteiger partial charge in [-0.15, -0.1) is 11.3 Å². The monoisotopic (exact) mass is 442 g/mol. The zero-order chi connectivity index (χ0) is 20.4. The third-order valence-corrected chi connectivity index (χ3v) is 5.82. The molecule has 4 aromatic rings. The summed E-state index contributed by atoms with van der Waals surface area (Å²) in [5.74, 6) is 0.302. The van der Waals surface area contributed by atoms with Gasteiger partial charge in [-0.25, -0.2) is 4.98 Å². The largest absolute Gasteiger partial charge is 0.484 e. The van der Waals surface area contributed by atoms with Crippen molar-refractivity contribution in [1.29, 1.82) is 0 Å². The van der Waals surface area contributed by atoms with Crippen LogP contribution in [0.15, 0.2) is 60.7 Å². The van der Waals surface area contributed by atoms with E-state index in [2.05, 4.69) is 10.3 Å². The van der Waals surface area contributed by atoms with Gasteiger partial charge in [0.05, 0.1) is 20.9 Å². The highest BCUT2D eigenvalue weighted by atomic mass is 35.5. The van der Waals surface area contributed by atoms with Crippen LogP contribution in [0.5, 0.6) is 5.75 Å². The smallest absolute Gasteiger partial charge is 0.262 e. The van der Waals surface area contributed by atoms with E-state index in [0.717, 1.165) is 20.8 Å². The molecule has 0 spiro atoms. The Morgan fingerprint density at radius 3 is 2.62 bits per heavy atom. The molecule has 0 unspecified atom stereocenters. The van der Waals surface area contributed by atoms with Crippen LogP contribution in [0.4, 0.5) is 5.69 Å². The summed E-state index contributed by atoms with van der Waals surface area (Å²) in [5.41, 5.74) is 3.14. The maximum Gasteiger partial charge on any atom is 0.262 e.